The third-order valence-electron chi connectivity index (χ3n) is 3.77. The maximum absolute atomic E-state index is 12.7. The Labute approximate surface area is 158 Å². The number of benzene rings is 1. The van der Waals surface area contributed by atoms with E-state index in [0.717, 1.165) is 34.3 Å². The summed E-state index contributed by atoms with van der Waals surface area (Å²) in [5, 5.41) is 3.72. The van der Waals surface area contributed by atoms with Gasteiger partial charge in [-0.05, 0) is 62.7 Å². The number of hydrogen-bond donors (Lipinski definition) is 1. The van der Waals surface area contributed by atoms with Gasteiger partial charge in [-0.2, -0.15) is 0 Å². The number of carbonyl (C=O) groups excluding carboxylic acids is 2. The highest BCUT2D eigenvalue weighted by Crippen LogP contribution is 2.38. The van der Waals surface area contributed by atoms with Gasteiger partial charge in [0.05, 0.1) is 10.9 Å². The van der Waals surface area contributed by atoms with Gasteiger partial charge >= 0.3 is 5.97 Å². The van der Waals surface area contributed by atoms with Crippen LogP contribution in [-0.2, 0) is 16.0 Å². The van der Waals surface area contributed by atoms with Gasteiger partial charge in [0.2, 0.25) is 0 Å². The third kappa shape index (κ3) is 5.12. The Morgan fingerprint density at radius 3 is 2.60 bits per heavy atom. The van der Waals surface area contributed by atoms with Crippen LogP contribution >= 0.6 is 23.4 Å². The first-order chi connectivity index (χ1) is 11.6. The van der Waals surface area contributed by atoms with Crippen molar-refractivity contribution >= 4 is 34.6 Å². The summed E-state index contributed by atoms with van der Waals surface area (Å²) >= 11 is 7.47. The predicted molar refractivity (Wildman–Crippen MR) is 102 cm³/mol. The molecule has 0 saturated carbocycles. The van der Waals surface area contributed by atoms with E-state index in [1.807, 2.05) is 26.8 Å². The molecule has 1 aromatic carbocycles. The molecule has 1 aromatic rings. The maximum Gasteiger partial charge on any atom is 0.315 e. The van der Waals surface area contributed by atoms with Gasteiger partial charge in [-0.3, -0.25) is 9.59 Å². The quantitative estimate of drug-likeness (QED) is 0.622. The molecule has 0 aromatic heterocycles. The first-order valence-corrected chi connectivity index (χ1v) is 9.43. The standard InChI is InChI=1S/C18H25ClN2O3S/c1-18(2,3)24-16(22)13-10-20-9-8-12-11(13)6-7-14(19)15(12)25-17(23)21(4)5/h6-7,13,20H,8-10H2,1-5H3. The third-order valence-corrected chi connectivity index (χ3v) is 5.41. The first kappa shape index (κ1) is 20.1. The Bertz CT molecular complexity index is 671. The molecule has 0 aliphatic carbocycles. The van der Waals surface area contributed by atoms with Gasteiger partial charge in [-0.1, -0.05) is 17.7 Å². The number of esters is 1. The lowest BCUT2D eigenvalue weighted by Gasteiger charge is -2.25. The van der Waals surface area contributed by atoms with Gasteiger partial charge in [-0.15, -0.1) is 0 Å². The van der Waals surface area contributed by atoms with Gasteiger partial charge in [0.25, 0.3) is 5.24 Å². The molecule has 7 heteroatoms. The second kappa shape index (κ2) is 7.98. The molecular formula is C18H25ClN2O3S. The number of amides is 1. The van der Waals surface area contributed by atoms with Crippen molar-refractivity contribution < 1.29 is 14.3 Å². The molecule has 1 aliphatic rings. The van der Waals surface area contributed by atoms with E-state index in [1.165, 1.54) is 4.90 Å². The van der Waals surface area contributed by atoms with Crippen molar-refractivity contribution in [2.24, 2.45) is 0 Å². The highest BCUT2D eigenvalue weighted by atomic mass is 35.5. The minimum atomic E-state index is -0.547. The van der Waals surface area contributed by atoms with Crippen LogP contribution in [0.25, 0.3) is 0 Å². The van der Waals surface area contributed by atoms with Crippen molar-refractivity contribution in [3.05, 3.63) is 28.3 Å². The van der Waals surface area contributed by atoms with Gasteiger partial charge in [0.15, 0.2) is 0 Å². The molecule has 1 aliphatic heterocycles. The van der Waals surface area contributed by atoms with Crippen LogP contribution in [0.5, 0.6) is 0 Å². The zero-order chi connectivity index (χ0) is 18.8. The molecule has 2 rings (SSSR count). The molecule has 0 radical (unpaired) electrons. The zero-order valence-electron chi connectivity index (χ0n) is 15.3. The van der Waals surface area contributed by atoms with E-state index in [1.54, 1.807) is 20.2 Å². The lowest BCUT2D eigenvalue weighted by Crippen LogP contribution is -2.32. The molecule has 1 N–H and O–H groups in total. The smallest absolute Gasteiger partial charge is 0.315 e. The van der Waals surface area contributed by atoms with Crippen LogP contribution < -0.4 is 5.32 Å². The summed E-state index contributed by atoms with van der Waals surface area (Å²) in [5.74, 6) is -0.678. The predicted octanol–water partition coefficient (Wildman–Crippen LogP) is 3.68. The summed E-state index contributed by atoms with van der Waals surface area (Å²) in [4.78, 5) is 27.1. The lowest BCUT2D eigenvalue weighted by atomic mass is 9.93. The Balaban J connectivity index is 2.43. The van der Waals surface area contributed by atoms with Crippen LogP contribution in [-0.4, -0.2) is 48.9 Å². The lowest BCUT2D eigenvalue weighted by molar-refractivity contribution is -0.156. The van der Waals surface area contributed by atoms with Crippen molar-refractivity contribution in [2.75, 3.05) is 27.2 Å². The number of fused-ring (bicyclic) bond motifs is 1. The molecule has 25 heavy (non-hydrogen) atoms. The van der Waals surface area contributed by atoms with E-state index in [4.69, 9.17) is 16.3 Å². The van der Waals surface area contributed by atoms with E-state index in [9.17, 15) is 9.59 Å². The Morgan fingerprint density at radius 2 is 2.00 bits per heavy atom. The second-order valence-electron chi connectivity index (χ2n) is 7.25. The minimum absolute atomic E-state index is 0.0960. The Kier molecular flexibility index (Phi) is 6.40. The average Bonchev–Trinajstić information content (AvgIpc) is 2.70. The van der Waals surface area contributed by atoms with Gasteiger partial charge in [0, 0.05) is 25.5 Å². The van der Waals surface area contributed by atoms with Crippen molar-refractivity contribution in [1.29, 1.82) is 0 Å². The van der Waals surface area contributed by atoms with E-state index in [2.05, 4.69) is 5.32 Å². The van der Waals surface area contributed by atoms with Crippen molar-refractivity contribution in [1.82, 2.24) is 10.2 Å². The van der Waals surface area contributed by atoms with E-state index in [0.29, 0.717) is 18.0 Å². The normalized spacial score (nSPS) is 17.4. The summed E-state index contributed by atoms with van der Waals surface area (Å²) in [6.07, 6.45) is 0.707. The van der Waals surface area contributed by atoms with Gasteiger partial charge in [0.1, 0.15) is 5.60 Å². The minimum Gasteiger partial charge on any atom is -0.459 e. The fourth-order valence-corrected chi connectivity index (χ4v) is 3.80. The van der Waals surface area contributed by atoms with Crippen LogP contribution in [0.2, 0.25) is 5.02 Å². The SMILES string of the molecule is CN(C)C(=O)Sc1c(Cl)ccc2c1CCNCC2C(=O)OC(C)(C)C. The van der Waals surface area contributed by atoms with E-state index in [-0.39, 0.29) is 11.2 Å². The summed E-state index contributed by atoms with van der Waals surface area (Å²) < 4.78 is 5.59. The van der Waals surface area contributed by atoms with Crippen LogP contribution in [0.4, 0.5) is 4.79 Å². The van der Waals surface area contributed by atoms with Crippen LogP contribution in [0.3, 0.4) is 0 Å². The van der Waals surface area contributed by atoms with Crippen LogP contribution in [0, 0.1) is 0 Å². The van der Waals surface area contributed by atoms with Crippen LogP contribution in [0.1, 0.15) is 37.8 Å². The number of rotatable bonds is 2. The first-order valence-electron chi connectivity index (χ1n) is 8.24. The largest absolute Gasteiger partial charge is 0.459 e. The summed E-state index contributed by atoms with van der Waals surface area (Å²) in [6.45, 7) is 6.80. The average molecular weight is 385 g/mol. The molecule has 1 unspecified atom stereocenters. The summed E-state index contributed by atoms with van der Waals surface area (Å²) in [5.41, 5.74) is 1.29. The number of nitrogens with one attached hydrogen (secondary N) is 1. The van der Waals surface area contributed by atoms with Crippen LogP contribution in [0.15, 0.2) is 17.0 Å². The molecule has 0 fully saturated rings. The fourth-order valence-electron chi connectivity index (χ4n) is 2.64. The molecule has 0 spiro atoms. The summed E-state index contributed by atoms with van der Waals surface area (Å²) in [7, 11) is 3.41. The number of ether oxygens (including phenoxy) is 1. The Hall–Kier alpha value is -1.24. The molecule has 0 bridgehead atoms. The van der Waals surface area contributed by atoms with Gasteiger partial charge < -0.3 is 15.0 Å². The topological polar surface area (TPSA) is 58.6 Å². The molecule has 138 valence electrons. The highest BCUT2D eigenvalue weighted by molar-refractivity contribution is 8.13. The van der Waals surface area contributed by atoms with Crippen molar-refractivity contribution in [2.45, 2.75) is 43.6 Å². The Morgan fingerprint density at radius 1 is 1.32 bits per heavy atom. The number of thioether (sulfide) groups is 1. The monoisotopic (exact) mass is 384 g/mol. The van der Waals surface area contributed by atoms with Gasteiger partial charge in [-0.25, -0.2) is 0 Å². The highest BCUT2D eigenvalue weighted by Gasteiger charge is 2.31. The molecule has 1 heterocycles. The number of carbonyl (C=O) groups is 2. The fraction of sp³-hybridized carbons (Fsp3) is 0.556. The van der Waals surface area contributed by atoms with Crippen molar-refractivity contribution in [3.8, 4) is 0 Å². The number of nitrogens with zero attached hydrogens (tertiary/aromatic N) is 1. The molecular weight excluding hydrogens is 360 g/mol. The number of halogens is 1. The maximum atomic E-state index is 12.7. The van der Waals surface area contributed by atoms with E-state index >= 15 is 0 Å². The molecule has 5 nitrogen and oxygen atoms in total. The molecule has 1 atom stereocenters. The molecule has 0 saturated heterocycles. The van der Waals surface area contributed by atoms with E-state index < -0.39 is 11.5 Å². The van der Waals surface area contributed by atoms with Crippen molar-refractivity contribution in [3.63, 3.8) is 0 Å². The zero-order valence-corrected chi connectivity index (χ0v) is 16.9. The molecule has 1 amide bonds. The number of hydrogen-bond acceptors (Lipinski definition) is 5. The summed E-state index contributed by atoms with van der Waals surface area (Å²) in [6, 6.07) is 3.64. The second-order valence-corrected chi connectivity index (χ2v) is 8.62.